The van der Waals surface area contributed by atoms with Gasteiger partial charge in [0.1, 0.15) is 0 Å². The maximum absolute atomic E-state index is 12.6. The van der Waals surface area contributed by atoms with Crippen LogP contribution >= 0.6 is 0 Å². The van der Waals surface area contributed by atoms with Gasteiger partial charge < -0.3 is 4.57 Å². The van der Waals surface area contributed by atoms with E-state index in [0.29, 0.717) is 6.54 Å². The van der Waals surface area contributed by atoms with E-state index in [1.165, 1.54) is 5.56 Å². The molecule has 0 saturated heterocycles. The van der Waals surface area contributed by atoms with Crippen LogP contribution in [0.15, 0.2) is 77.8 Å². The minimum Gasteiger partial charge on any atom is -0.346 e. The van der Waals surface area contributed by atoms with Gasteiger partial charge in [0.05, 0.1) is 11.4 Å². The summed E-state index contributed by atoms with van der Waals surface area (Å²) in [7, 11) is -3.55. The van der Waals surface area contributed by atoms with E-state index in [0.717, 1.165) is 11.3 Å². The number of hydrogen-bond acceptors (Lipinski definition) is 2. The van der Waals surface area contributed by atoms with E-state index in [4.69, 9.17) is 0 Å². The van der Waals surface area contributed by atoms with Crippen LogP contribution in [0.4, 0.5) is 0 Å². The fourth-order valence-corrected chi connectivity index (χ4v) is 3.93. The lowest BCUT2D eigenvalue weighted by Crippen LogP contribution is -2.25. The second kappa shape index (κ2) is 7.71. The zero-order valence-electron chi connectivity index (χ0n) is 16.0. The summed E-state index contributed by atoms with van der Waals surface area (Å²) in [6.45, 7) is 7.29. The monoisotopic (exact) mass is 382 g/mol. The second-order valence-corrected chi connectivity index (χ2v) is 9.48. The Bertz CT molecular complexity index is 983. The molecule has 142 valence electrons. The molecular formula is C22H26N2O2S. The van der Waals surface area contributed by atoms with Gasteiger partial charge >= 0.3 is 0 Å². The van der Waals surface area contributed by atoms with Crippen LogP contribution in [0.5, 0.6) is 0 Å². The molecule has 0 atom stereocenters. The van der Waals surface area contributed by atoms with Crippen LogP contribution in [0, 0.1) is 0 Å². The molecule has 0 aliphatic heterocycles. The Morgan fingerprint density at radius 1 is 0.889 bits per heavy atom. The standard InChI is InChI=1S/C22H26N2O2S/c1-22(2,3)19-11-13-21(14-12-19)27(25,26)23-16-20-10-7-15-24(20)17-18-8-5-4-6-9-18/h4-15,23H,16-17H2,1-3H3. The molecule has 0 aliphatic rings. The fourth-order valence-electron chi connectivity index (χ4n) is 2.93. The molecule has 1 aromatic heterocycles. The normalized spacial score (nSPS) is 12.3. The zero-order valence-corrected chi connectivity index (χ0v) is 16.8. The molecule has 0 aliphatic carbocycles. The first-order valence-corrected chi connectivity index (χ1v) is 10.5. The Hall–Kier alpha value is -2.37. The van der Waals surface area contributed by atoms with E-state index in [-0.39, 0.29) is 16.9 Å². The summed E-state index contributed by atoms with van der Waals surface area (Å²) >= 11 is 0. The van der Waals surface area contributed by atoms with Gasteiger partial charge in [-0.1, -0.05) is 63.2 Å². The summed E-state index contributed by atoms with van der Waals surface area (Å²) in [6, 6.07) is 21.1. The van der Waals surface area contributed by atoms with Gasteiger partial charge in [-0.25, -0.2) is 13.1 Å². The Balaban J connectivity index is 1.70. The largest absolute Gasteiger partial charge is 0.346 e. The molecular weight excluding hydrogens is 356 g/mol. The Labute approximate surface area is 161 Å². The van der Waals surface area contributed by atoms with Crippen molar-refractivity contribution in [2.24, 2.45) is 0 Å². The summed E-state index contributed by atoms with van der Waals surface area (Å²) in [4.78, 5) is 0.289. The van der Waals surface area contributed by atoms with Crippen molar-refractivity contribution in [1.29, 1.82) is 0 Å². The molecule has 0 amide bonds. The Morgan fingerprint density at radius 2 is 1.56 bits per heavy atom. The van der Waals surface area contributed by atoms with Crippen molar-refractivity contribution >= 4 is 10.0 Å². The number of nitrogens with zero attached hydrogens (tertiary/aromatic N) is 1. The lowest BCUT2D eigenvalue weighted by atomic mass is 9.87. The maximum atomic E-state index is 12.6. The second-order valence-electron chi connectivity index (χ2n) is 7.71. The molecule has 0 unspecified atom stereocenters. The minimum atomic E-state index is -3.55. The summed E-state index contributed by atoms with van der Waals surface area (Å²) in [5.74, 6) is 0. The van der Waals surface area contributed by atoms with Crippen LogP contribution in [0.2, 0.25) is 0 Å². The smallest absolute Gasteiger partial charge is 0.240 e. The molecule has 5 heteroatoms. The highest BCUT2D eigenvalue weighted by Gasteiger charge is 2.18. The van der Waals surface area contributed by atoms with Crippen LogP contribution < -0.4 is 4.72 Å². The highest BCUT2D eigenvalue weighted by Crippen LogP contribution is 2.23. The van der Waals surface area contributed by atoms with Gasteiger partial charge in [-0.3, -0.25) is 0 Å². The SMILES string of the molecule is CC(C)(C)c1ccc(S(=O)(=O)NCc2cccn2Cc2ccccc2)cc1. The number of hydrogen-bond donors (Lipinski definition) is 1. The van der Waals surface area contributed by atoms with Gasteiger partial charge in [0.2, 0.25) is 10.0 Å². The van der Waals surface area contributed by atoms with Gasteiger partial charge in [0.15, 0.2) is 0 Å². The minimum absolute atomic E-state index is 0.00596. The lowest BCUT2D eigenvalue weighted by molar-refractivity contribution is 0.575. The number of aromatic nitrogens is 1. The predicted molar refractivity (Wildman–Crippen MR) is 109 cm³/mol. The first-order valence-electron chi connectivity index (χ1n) is 9.04. The number of rotatable bonds is 6. The van der Waals surface area contributed by atoms with Gasteiger partial charge in [-0.15, -0.1) is 0 Å². The van der Waals surface area contributed by atoms with Crippen molar-refractivity contribution in [3.63, 3.8) is 0 Å². The molecule has 0 bridgehead atoms. The molecule has 2 aromatic carbocycles. The van der Waals surface area contributed by atoms with E-state index in [1.54, 1.807) is 12.1 Å². The molecule has 1 N–H and O–H groups in total. The van der Waals surface area contributed by atoms with Crippen LogP contribution in [-0.4, -0.2) is 13.0 Å². The molecule has 1 heterocycles. The quantitative estimate of drug-likeness (QED) is 0.690. The third kappa shape index (κ3) is 4.87. The van der Waals surface area contributed by atoms with Gasteiger partial charge in [0.25, 0.3) is 0 Å². The zero-order chi connectivity index (χ0) is 19.5. The molecule has 3 aromatic rings. The predicted octanol–water partition coefficient (Wildman–Crippen LogP) is 4.31. The number of benzene rings is 2. The van der Waals surface area contributed by atoms with Crippen LogP contribution in [0.1, 0.15) is 37.6 Å². The van der Waals surface area contributed by atoms with E-state index in [9.17, 15) is 8.42 Å². The molecule has 3 rings (SSSR count). The van der Waals surface area contributed by atoms with Crippen molar-refractivity contribution in [3.8, 4) is 0 Å². The molecule has 0 saturated carbocycles. The highest BCUT2D eigenvalue weighted by atomic mass is 32.2. The molecule has 4 nitrogen and oxygen atoms in total. The third-order valence-electron chi connectivity index (χ3n) is 4.59. The maximum Gasteiger partial charge on any atom is 0.240 e. The third-order valence-corrected chi connectivity index (χ3v) is 6.01. The highest BCUT2D eigenvalue weighted by molar-refractivity contribution is 7.89. The Kier molecular flexibility index (Phi) is 5.53. The van der Waals surface area contributed by atoms with E-state index < -0.39 is 10.0 Å². The van der Waals surface area contributed by atoms with Crippen molar-refractivity contribution < 1.29 is 8.42 Å². The summed E-state index contributed by atoms with van der Waals surface area (Å²) in [5, 5.41) is 0. The van der Waals surface area contributed by atoms with Crippen molar-refractivity contribution in [2.45, 2.75) is 44.2 Å². The topological polar surface area (TPSA) is 51.1 Å². The lowest BCUT2D eigenvalue weighted by Gasteiger charge is -2.19. The average Bonchev–Trinajstić information content (AvgIpc) is 3.07. The van der Waals surface area contributed by atoms with Crippen molar-refractivity contribution in [3.05, 3.63) is 89.7 Å². The van der Waals surface area contributed by atoms with Crippen LogP contribution in [-0.2, 0) is 28.5 Å². The van der Waals surface area contributed by atoms with Crippen molar-refractivity contribution in [2.75, 3.05) is 0 Å². The van der Waals surface area contributed by atoms with Gasteiger partial charge in [-0.2, -0.15) is 0 Å². The van der Waals surface area contributed by atoms with E-state index >= 15 is 0 Å². The van der Waals surface area contributed by atoms with Crippen LogP contribution in [0.25, 0.3) is 0 Å². The Morgan fingerprint density at radius 3 is 2.19 bits per heavy atom. The molecule has 0 radical (unpaired) electrons. The molecule has 27 heavy (non-hydrogen) atoms. The summed E-state index contributed by atoms with van der Waals surface area (Å²) in [5.41, 5.74) is 3.20. The first kappa shape index (κ1) is 19.4. The first-order chi connectivity index (χ1) is 12.8. The van der Waals surface area contributed by atoms with Gasteiger partial charge in [-0.05, 0) is 40.8 Å². The average molecular weight is 383 g/mol. The fraction of sp³-hybridized carbons (Fsp3) is 0.273. The molecule has 0 fully saturated rings. The summed E-state index contributed by atoms with van der Waals surface area (Å²) in [6.07, 6.45) is 1.97. The molecule has 0 spiro atoms. The van der Waals surface area contributed by atoms with Crippen molar-refractivity contribution in [1.82, 2.24) is 9.29 Å². The number of nitrogens with one attached hydrogen (secondary N) is 1. The van der Waals surface area contributed by atoms with Gasteiger partial charge in [0, 0.05) is 18.4 Å². The van der Waals surface area contributed by atoms with E-state index in [2.05, 4.69) is 42.2 Å². The number of sulfonamides is 1. The van der Waals surface area contributed by atoms with E-state index in [1.807, 2.05) is 48.7 Å². The summed E-state index contributed by atoms with van der Waals surface area (Å²) < 4.78 is 30.0. The van der Waals surface area contributed by atoms with Crippen LogP contribution in [0.3, 0.4) is 0 Å².